The van der Waals surface area contributed by atoms with Crippen LogP contribution < -0.4 is 5.63 Å². The van der Waals surface area contributed by atoms with Crippen molar-refractivity contribution in [2.45, 2.75) is 19.9 Å². The number of carbonyl (C=O) groups is 2. The summed E-state index contributed by atoms with van der Waals surface area (Å²) in [6.45, 7) is 2.30. The molecule has 8 nitrogen and oxygen atoms in total. The molecule has 0 bridgehead atoms. The fourth-order valence-corrected chi connectivity index (χ4v) is 2.90. The van der Waals surface area contributed by atoms with Crippen LogP contribution in [-0.2, 0) is 17.7 Å². The number of carboxylic acids is 1. The lowest BCUT2D eigenvalue weighted by atomic mass is 9.96. The Kier molecular flexibility index (Phi) is 3.88. The van der Waals surface area contributed by atoms with Crippen LogP contribution >= 0.6 is 0 Å². The van der Waals surface area contributed by atoms with Crippen LogP contribution in [0.4, 0.5) is 4.79 Å². The first-order valence-electron chi connectivity index (χ1n) is 7.39. The van der Waals surface area contributed by atoms with Gasteiger partial charge in [0.2, 0.25) is 0 Å². The second-order valence-electron chi connectivity index (χ2n) is 5.36. The van der Waals surface area contributed by atoms with Crippen molar-refractivity contribution in [2.75, 3.05) is 13.2 Å². The second-order valence-corrected chi connectivity index (χ2v) is 5.36. The number of aromatic hydroxyl groups is 1. The molecule has 1 aromatic carbocycles. The average Bonchev–Trinajstić information content (AvgIpc) is 2.54. The van der Waals surface area contributed by atoms with E-state index >= 15 is 0 Å². The first-order valence-corrected chi connectivity index (χ1v) is 7.39. The molecule has 2 N–H and O–H groups in total. The van der Waals surface area contributed by atoms with Crippen LogP contribution in [0.3, 0.4) is 0 Å². The predicted octanol–water partition coefficient (Wildman–Crippen LogP) is 1.71. The van der Waals surface area contributed by atoms with E-state index in [0.717, 1.165) is 0 Å². The van der Waals surface area contributed by atoms with Gasteiger partial charge in [0.15, 0.2) is 5.58 Å². The smallest absolute Gasteiger partial charge is 0.410 e. The number of carbonyl (C=O) groups excluding carboxylic acids is 1. The summed E-state index contributed by atoms with van der Waals surface area (Å²) < 4.78 is 10.1. The van der Waals surface area contributed by atoms with Gasteiger partial charge in [-0.1, -0.05) is 0 Å². The highest BCUT2D eigenvalue weighted by atomic mass is 16.6. The zero-order chi connectivity index (χ0) is 17.4. The van der Waals surface area contributed by atoms with Crippen LogP contribution in [0.2, 0.25) is 0 Å². The highest BCUT2D eigenvalue weighted by Crippen LogP contribution is 2.31. The summed E-state index contributed by atoms with van der Waals surface area (Å²) in [6.07, 6.45) is -0.153. The molecular formula is C16H15NO7. The van der Waals surface area contributed by atoms with Gasteiger partial charge >= 0.3 is 17.7 Å². The van der Waals surface area contributed by atoms with Gasteiger partial charge in [-0.15, -0.1) is 0 Å². The second kappa shape index (κ2) is 5.88. The number of hydrogen-bond donors (Lipinski definition) is 2. The lowest BCUT2D eigenvalue weighted by Crippen LogP contribution is -2.38. The Morgan fingerprint density at radius 3 is 2.75 bits per heavy atom. The van der Waals surface area contributed by atoms with Gasteiger partial charge in [-0.25, -0.2) is 14.4 Å². The molecule has 24 heavy (non-hydrogen) atoms. The molecule has 3 rings (SSSR count). The van der Waals surface area contributed by atoms with Crippen LogP contribution in [0.1, 0.15) is 28.4 Å². The molecule has 2 heterocycles. The zero-order valence-corrected chi connectivity index (χ0v) is 12.9. The van der Waals surface area contributed by atoms with E-state index < -0.39 is 29.0 Å². The molecule has 8 heteroatoms. The summed E-state index contributed by atoms with van der Waals surface area (Å²) in [6, 6.07) is 2.77. The Labute approximate surface area is 135 Å². The minimum absolute atomic E-state index is 0.0374. The van der Waals surface area contributed by atoms with Gasteiger partial charge in [0, 0.05) is 11.9 Å². The number of rotatable bonds is 2. The number of nitrogens with zero attached hydrogens (tertiary/aromatic N) is 1. The predicted molar refractivity (Wildman–Crippen MR) is 82.2 cm³/mol. The molecule has 0 spiro atoms. The summed E-state index contributed by atoms with van der Waals surface area (Å²) in [5, 5.41) is 19.4. The fourth-order valence-electron chi connectivity index (χ4n) is 2.90. The number of phenols is 1. The number of hydrogen-bond acceptors (Lipinski definition) is 6. The van der Waals surface area contributed by atoms with Crippen molar-refractivity contribution in [1.29, 1.82) is 0 Å². The molecule has 0 unspecified atom stereocenters. The first kappa shape index (κ1) is 15.9. The van der Waals surface area contributed by atoms with Gasteiger partial charge in [-0.3, -0.25) is 0 Å². The van der Waals surface area contributed by atoms with E-state index in [1.807, 2.05) is 0 Å². The van der Waals surface area contributed by atoms with Crippen molar-refractivity contribution < 1.29 is 29.0 Å². The molecule has 0 atom stereocenters. The number of amides is 1. The fraction of sp³-hybridized carbons (Fsp3) is 0.312. The third-order valence-electron chi connectivity index (χ3n) is 3.99. The molecule has 1 amide bonds. The number of carboxylic acid groups (broad SMARTS) is 1. The van der Waals surface area contributed by atoms with Gasteiger partial charge in [-0.05, 0) is 31.0 Å². The average molecular weight is 333 g/mol. The maximum Gasteiger partial charge on any atom is 0.410 e. The topological polar surface area (TPSA) is 117 Å². The van der Waals surface area contributed by atoms with Crippen molar-refractivity contribution >= 4 is 23.0 Å². The first-order chi connectivity index (χ1) is 11.4. The summed E-state index contributed by atoms with van der Waals surface area (Å²) in [7, 11) is 0. The number of ether oxygens (including phenoxy) is 1. The largest absolute Gasteiger partial charge is 0.507 e. The van der Waals surface area contributed by atoms with E-state index in [1.54, 1.807) is 6.92 Å². The Morgan fingerprint density at radius 1 is 1.33 bits per heavy atom. The van der Waals surface area contributed by atoms with Crippen LogP contribution in [0.15, 0.2) is 21.3 Å². The zero-order valence-electron chi connectivity index (χ0n) is 12.9. The third kappa shape index (κ3) is 2.45. The summed E-state index contributed by atoms with van der Waals surface area (Å²) in [4.78, 5) is 36.8. The molecule has 126 valence electrons. The monoisotopic (exact) mass is 333 g/mol. The number of benzene rings is 1. The highest BCUT2D eigenvalue weighted by Gasteiger charge is 2.28. The van der Waals surface area contributed by atoms with Crippen LogP contribution in [0, 0.1) is 0 Å². The summed E-state index contributed by atoms with van der Waals surface area (Å²) in [5.74, 6) is -1.85. The van der Waals surface area contributed by atoms with E-state index in [9.17, 15) is 24.6 Å². The van der Waals surface area contributed by atoms with Gasteiger partial charge in [-0.2, -0.15) is 0 Å². The van der Waals surface area contributed by atoms with Crippen LogP contribution in [-0.4, -0.2) is 40.3 Å². The minimum atomic E-state index is -1.38. The Hall–Kier alpha value is -3.03. The molecule has 0 saturated carbocycles. The molecule has 0 saturated heterocycles. The van der Waals surface area contributed by atoms with E-state index in [0.29, 0.717) is 29.5 Å². The lowest BCUT2D eigenvalue weighted by molar-refractivity contribution is 0.0694. The maximum absolute atomic E-state index is 12.3. The van der Waals surface area contributed by atoms with Crippen molar-refractivity contribution in [1.82, 2.24) is 4.90 Å². The van der Waals surface area contributed by atoms with Crippen molar-refractivity contribution in [3.05, 3.63) is 39.2 Å². The van der Waals surface area contributed by atoms with Crippen LogP contribution in [0.5, 0.6) is 5.75 Å². The van der Waals surface area contributed by atoms with Gasteiger partial charge < -0.3 is 24.3 Å². The van der Waals surface area contributed by atoms with E-state index in [2.05, 4.69) is 0 Å². The molecule has 0 aliphatic carbocycles. The molecule has 1 aliphatic rings. The van der Waals surface area contributed by atoms with Gasteiger partial charge in [0.05, 0.1) is 18.7 Å². The van der Waals surface area contributed by atoms with Crippen molar-refractivity contribution in [3.63, 3.8) is 0 Å². The standard InChI is InChI=1S/C16H15NO7/c1-2-23-16(22)17-6-5-8-9-3-4-11(18)12(14(19)20)13(9)24-15(21)10(8)7-17/h3-4,18H,2,5-7H2,1H3,(H,19,20). The third-order valence-corrected chi connectivity index (χ3v) is 3.99. The van der Waals surface area contributed by atoms with E-state index in [-0.39, 0.29) is 18.7 Å². The van der Waals surface area contributed by atoms with Crippen LogP contribution in [0.25, 0.3) is 11.0 Å². The minimum Gasteiger partial charge on any atom is -0.507 e. The molecule has 1 aromatic heterocycles. The Morgan fingerprint density at radius 2 is 2.08 bits per heavy atom. The molecular weight excluding hydrogens is 318 g/mol. The quantitative estimate of drug-likeness (QED) is 0.803. The van der Waals surface area contributed by atoms with E-state index in [1.165, 1.54) is 17.0 Å². The SMILES string of the molecule is CCOC(=O)N1CCc2c(c(=O)oc3c(C(=O)O)c(O)ccc23)C1. The number of aromatic carboxylic acids is 1. The van der Waals surface area contributed by atoms with Gasteiger partial charge in [0.1, 0.15) is 11.3 Å². The molecule has 0 radical (unpaired) electrons. The molecule has 1 aliphatic heterocycles. The highest BCUT2D eigenvalue weighted by molar-refractivity contribution is 6.04. The van der Waals surface area contributed by atoms with Gasteiger partial charge in [0.25, 0.3) is 0 Å². The van der Waals surface area contributed by atoms with Crippen molar-refractivity contribution in [2.24, 2.45) is 0 Å². The maximum atomic E-state index is 12.3. The summed E-state index contributed by atoms with van der Waals surface area (Å²) >= 11 is 0. The molecule has 0 fully saturated rings. The Balaban J connectivity index is 2.16. The Bertz CT molecular complexity index is 899. The van der Waals surface area contributed by atoms with E-state index in [4.69, 9.17) is 9.15 Å². The normalized spacial score (nSPS) is 13.6. The lowest BCUT2D eigenvalue weighted by Gasteiger charge is -2.27. The van der Waals surface area contributed by atoms with Crippen molar-refractivity contribution in [3.8, 4) is 5.75 Å². The molecule has 2 aromatic rings. The summed E-state index contributed by atoms with van der Waals surface area (Å²) in [5.41, 5.74) is -0.399. The number of fused-ring (bicyclic) bond motifs is 3.